The number of rotatable bonds is 4. The van der Waals surface area contributed by atoms with Crippen molar-refractivity contribution in [3.05, 3.63) is 60.2 Å². The molecule has 1 aliphatic heterocycles. The predicted octanol–water partition coefficient (Wildman–Crippen LogP) is 3.89. The smallest absolute Gasteiger partial charge is 0.387 e. The van der Waals surface area contributed by atoms with Crippen LogP contribution in [0.25, 0.3) is 0 Å². The highest BCUT2D eigenvalue weighted by Crippen LogP contribution is 2.28. The number of amides is 2. The number of carbonyl (C=O) groups excluding carboxylic acids is 1. The summed E-state index contributed by atoms with van der Waals surface area (Å²) < 4.78 is 35.0. The molecule has 0 spiro atoms. The van der Waals surface area contributed by atoms with Gasteiger partial charge in [-0.05, 0) is 17.7 Å². The monoisotopic (exact) mass is 348 g/mol. The second-order valence-corrected chi connectivity index (χ2v) is 5.50. The molecule has 0 bridgehead atoms. The van der Waals surface area contributed by atoms with Crippen LogP contribution in [-0.2, 0) is 4.74 Å². The van der Waals surface area contributed by atoms with E-state index in [2.05, 4.69) is 10.1 Å². The Labute approximate surface area is 144 Å². The summed E-state index contributed by atoms with van der Waals surface area (Å²) in [6, 6.07) is 15.0. The van der Waals surface area contributed by atoms with Gasteiger partial charge < -0.3 is 19.7 Å². The molecular formula is C18H18F2N2O3. The van der Waals surface area contributed by atoms with Crippen LogP contribution in [0.2, 0.25) is 0 Å². The zero-order valence-electron chi connectivity index (χ0n) is 13.4. The van der Waals surface area contributed by atoms with E-state index in [1.807, 2.05) is 30.3 Å². The molecule has 1 unspecified atom stereocenters. The number of hydrogen-bond donors (Lipinski definition) is 1. The molecule has 5 nitrogen and oxygen atoms in total. The zero-order chi connectivity index (χ0) is 17.6. The van der Waals surface area contributed by atoms with E-state index in [-0.39, 0.29) is 23.5 Å². The van der Waals surface area contributed by atoms with Crippen molar-refractivity contribution in [2.24, 2.45) is 0 Å². The molecule has 1 atom stereocenters. The normalized spacial score (nSPS) is 17.4. The minimum absolute atomic E-state index is 0.0737. The Morgan fingerprint density at radius 1 is 1.16 bits per heavy atom. The number of nitrogens with zero attached hydrogens (tertiary/aromatic N) is 1. The molecule has 1 N–H and O–H groups in total. The van der Waals surface area contributed by atoms with Gasteiger partial charge in [-0.1, -0.05) is 42.5 Å². The quantitative estimate of drug-likeness (QED) is 0.912. The Bertz CT molecular complexity index is 712. The molecule has 132 valence electrons. The van der Waals surface area contributed by atoms with Crippen molar-refractivity contribution < 1.29 is 23.0 Å². The van der Waals surface area contributed by atoms with Crippen molar-refractivity contribution in [3.63, 3.8) is 0 Å². The molecule has 1 saturated heterocycles. The third kappa shape index (κ3) is 4.24. The first kappa shape index (κ1) is 17.2. The van der Waals surface area contributed by atoms with Crippen molar-refractivity contribution in [3.8, 4) is 5.75 Å². The summed E-state index contributed by atoms with van der Waals surface area (Å²) in [5.41, 5.74) is 1.15. The molecular weight excluding hydrogens is 330 g/mol. The van der Waals surface area contributed by atoms with Gasteiger partial charge in [0.1, 0.15) is 5.75 Å². The minimum atomic E-state index is -2.96. The van der Waals surface area contributed by atoms with Gasteiger partial charge in [0, 0.05) is 6.54 Å². The highest BCUT2D eigenvalue weighted by molar-refractivity contribution is 5.91. The average Bonchev–Trinajstić information content (AvgIpc) is 2.63. The standard InChI is InChI=1S/C18H18F2N2O3/c19-17(20)25-16-9-5-4-8-14(16)21-18(23)22-10-11-24-12-15(22)13-6-2-1-3-7-13/h1-9,15,17H,10-12H2,(H,21,23). The van der Waals surface area contributed by atoms with Gasteiger partial charge >= 0.3 is 12.6 Å². The molecule has 0 aliphatic carbocycles. The van der Waals surface area contributed by atoms with Gasteiger partial charge in [0.15, 0.2) is 0 Å². The van der Waals surface area contributed by atoms with E-state index in [1.54, 1.807) is 17.0 Å². The first-order valence-corrected chi connectivity index (χ1v) is 7.89. The van der Waals surface area contributed by atoms with E-state index >= 15 is 0 Å². The topological polar surface area (TPSA) is 50.8 Å². The summed E-state index contributed by atoms with van der Waals surface area (Å²) in [5, 5.41) is 2.66. The summed E-state index contributed by atoms with van der Waals surface area (Å²) >= 11 is 0. The van der Waals surface area contributed by atoms with Crippen LogP contribution >= 0.6 is 0 Å². The highest BCUT2D eigenvalue weighted by Gasteiger charge is 2.29. The molecule has 0 radical (unpaired) electrons. The van der Waals surface area contributed by atoms with Crippen molar-refractivity contribution >= 4 is 11.7 Å². The predicted molar refractivity (Wildman–Crippen MR) is 88.8 cm³/mol. The van der Waals surface area contributed by atoms with E-state index in [4.69, 9.17) is 4.74 Å². The Balaban J connectivity index is 1.78. The van der Waals surface area contributed by atoms with Crippen molar-refractivity contribution in [1.29, 1.82) is 0 Å². The molecule has 2 amide bonds. The van der Waals surface area contributed by atoms with Crippen molar-refractivity contribution in [1.82, 2.24) is 4.90 Å². The van der Waals surface area contributed by atoms with Gasteiger partial charge in [-0.25, -0.2) is 4.79 Å². The van der Waals surface area contributed by atoms with E-state index < -0.39 is 6.61 Å². The number of morpholine rings is 1. The van der Waals surface area contributed by atoms with E-state index in [9.17, 15) is 13.6 Å². The van der Waals surface area contributed by atoms with Crippen LogP contribution in [0.1, 0.15) is 11.6 Å². The first-order valence-electron chi connectivity index (χ1n) is 7.89. The maximum Gasteiger partial charge on any atom is 0.387 e. The molecule has 3 rings (SSSR count). The molecule has 2 aromatic rings. The van der Waals surface area contributed by atoms with Crippen LogP contribution in [0.3, 0.4) is 0 Å². The van der Waals surface area contributed by atoms with E-state index in [0.29, 0.717) is 19.8 Å². The van der Waals surface area contributed by atoms with Crippen LogP contribution in [0, 0.1) is 0 Å². The number of nitrogens with one attached hydrogen (secondary N) is 1. The summed E-state index contributed by atoms with van der Waals surface area (Å²) in [6.45, 7) is -1.75. The third-order valence-corrected chi connectivity index (χ3v) is 3.92. The van der Waals surface area contributed by atoms with Crippen molar-refractivity contribution in [2.45, 2.75) is 12.7 Å². The molecule has 0 aromatic heterocycles. The van der Waals surface area contributed by atoms with Crippen LogP contribution in [0.4, 0.5) is 19.3 Å². The molecule has 2 aromatic carbocycles. The molecule has 1 heterocycles. The van der Waals surface area contributed by atoms with Crippen molar-refractivity contribution in [2.75, 3.05) is 25.1 Å². The lowest BCUT2D eigenvalue weighted by molar-refractivity contribution is -0.0493. The summed E-state index contributed by atoms with van der Waals surface area (Å²) in [6.07, 6.45) is 0. The second-order valence-electron chi connectivity index (χ2n) is 5.50. The molecule has 25 heavy (non-hydrogen) atoms. The lowest BCUT2D eigenvalue weighted by Crippen LogP contribution is -2.45. The fourth-order valence-electron chi connectivity index (χ4n) is 2.75. The van der Waals surface area contributed by atoms with Gasteiger partial charge in [0.05, 0.1) is 24.9 Å². The molecule has 1 aliphatic rings. The summed E-state index contributed by atoms with van der Waals surface area (Å²) in [4.78, 5) is 14.3. The zero-order valence-corrected chi connectivity index (χ0v) is 13.4. The largest absolute Gasteiger partial charge is 0.433 e. The fourth-order valence-corrected chi connectivity index (χ4v) is 2.75. The first-order chi connectivity index (χ1) is 12.1. The number of hydrogen-bond acceptors (Lipinski definition) is 3. The lowest BCUT2D eigenvalue weighted by atomic mass is 10.1. The summed E-state index contributed by atoms with van der Waals surface area (Å²) in [7, 11) is 0. The number of anilines is 1. The fraction of sp³-hybridized carbons (Fsp3) is 0.278. The highest BCUT2D eigenvalue weighted by atomic mass is 19.3. The van der Waals surface area contributed by atoms with E-state index in [1.165, 1.54) is 12.1 Å². The Morgan fingerprint density at radius 2 is 1.88 bits per heavy atom. The number of para-hydroxylation sites is 2. The maximum atomic E-state index is 12.7. The average molecular weight is 348 g/mol. The number of benzene rings is 2. The second kappa shape index (κ2) is 7.94. The number of urea groups is 1. The SMILES string of the molecule is O=C(Nc1ccccc1OC(F)F)N1CCOCC1c1ccccc1. The third-order valence-electron chi connectivity index (χ3n) is 3.92. The minimum Gasteiger partial charge on any atom is -0.433 e. The number of halogens is 2. The van der Waals surface area contributed by atoms with Gasteiger partial charge in [-0.3, -0.25) is 0 Å². The van der Waals surface area contributed by atoms with Gasteiger partial charge in [0.25, 0.3) is 0 Å². The Morgan fingerprint density at radius 3 is 2.64 bits per heavy atom. The van der Waals surface area contributed by atoms with Gasteiger partial charge in [-0.15, -0.1) is 0 Å². The van der Waals surface area contributed by atoms with E-state index in [0.717, 1.165) is 5.56 Å². The molecule has 7 heteroatoms. The number of ether oxygens (including phenoxy) is 2. The Kier molecular flexibility index (Phi) is 5.45. The van der Waals surface area contributed by atoms with Crippen LogP contribution < -0.4 is 10.1 Å². The molecule has 1 fully saturated rings. The van der Waals surface area contributed by atoms with Crippen LogP contribution in [0.5, 0.6) is 5.75 Å². The summed E-state index contributed by atoms with van der Waals surface area (Å²) in [5.74, 6) is -0.0737. The Hall–Kier alpha value is -2.67. The number of carbonyl (C=O) groups is 1. The van der Waals surface area contributed by atoms with Gasteiger partial charge in [-0.2, -0.15) is 8.78 Å². The van der Waals surface area contributed by atoms with Crippen LogP contribution in [-0.4, -0.2) is 37.3 Å². The number of alkyl halides is 2. The molecule has 0 saturated carbocycles. The van der Waals surface area contributed by atoms with Gasteiger partial charge in [0.2, 0.25) is 0 Å². The maximum absolute atomic E-state index is 12.7. The van der Waals surface area contributed by atoms with Crippen LogP contribution in [0.15, 0.2) is 54.6 Å². The lowest BCUT2D eigenvalue weighted by Gasteiger charge is -2.36.